The van der Waals surface area contributed by atoms with Crippen molar-refractivity contribution in [3.8, 4) is 0 Å². The van der Waals surface area contributed by atoms with Gasteiger partial charge in [0, 0.05) is 19.4 Å². The van der Waals surface area contributed by atoms with Crippen molar-refractivity contribution >= 4 is 19.8 Å². The fourth-order valence-electron chi connectivity index (χ4n) is 8.64. The Labute approximate surface area is 450 Å². The maximum absolute atomic E-state index is 12.7. The predicted octanol–water partition coefficient (Wildman–Crippen LogP) is 19.3. The molecule has 0 aromatic carbocycles. The molecule has 0 aliphatic rings. The maximum atomic E-state index is 12.7. The summed E-state index contributed by atoms with van der Waals surface area (Å²) in [6.45, 7) is 3.67. The predicted molar refractivity (Wildman–Crippen MR) is 312 cm³/mol. The van der Waals surface area contributed by atoms with Gasteiger partial charge in [-0.3, -0.25) is 18.6 Å². The van der Waals surface area contributed by atoms with Crippen LogP contribution in [0.3, 0.4) is 0 Å². The van der Waals surface area contributed by atoms with Gasteiger partial charge in [-0.05, 0) is 64.2 Å². The monoisotopic (exact) mass is 1040 g/mol. The van der Waals surface area contributed by atoms with E-state index in [9.17, 15) is 19.0 Å². The molecule has 0 rings (SSSR count). The van der Waals surface area contributed by atoms with Gasteiger partial charge in [0.1, 0.15) is 6.61 Å². The standard InChI is InChI=1S/C63H114NO8P/c1-3-5-7-9-11-13-15-17-19-21-23-25-26-27-28-29-30-31-32-33-34-36-38-40-42-44-46-48-50-52-54-56-63(66)72-61(60-71-73(67,68)70-58-57-64)59-69-62(65)55-53-51-49-47-45-43-41-39-37-35-24-22-20-18-16-14-12-10-8-6-4-2/h5,7,11,13,17,19,23,25,27-28,30-31,61H,3-4,6,8-10,12,14-16,18,20-22,24,26,29,32-60,64H2,1-2H3,(H,67,68)/b7-5-,13-11-,19-17-,25-23-,28-27-,31-30-. The quantitative estimate of drug-likeness (QED) is 0.0264. The number of hydrogen-bond donors (Lipinski definition) is 2. The first-order valence-corrected chi connectivity index (χ1v) is 31.9. The normalized spacial score (nSPS) is 13.5. The van der Waals surface area contributed by atoms with Crippen molar-refractivity contribution in [3.05, 3.63) is 72.9 Å². The molecule has 0 amide bonds. The SMILES string of the molecule is CC/C=C\C/C=C\C/C=C\C/C=C\C/C=C\C/C=C\CCCCCCCCCCCCCCC(=O)OC(COC(=O)CCCCCCCCCCCCCCCCCCCCCCC)COP(=O)(O)OCCN. The molecule has 0 aromatic heterocycles. The molecule has 0 spiro atoms. The second kappa shape index (κ2) is 58.7. The van der Waals surface area contributed by atoms with E-state index in [1.54, 1.807) is 0 Å². The molecule has 2 unspecified atom stereocenters. The lowest BCUT2D eigenvalue weighted by molar-refractivity contribution is -0.161. The fraction of sp³-hybridized carbons (Fsp3) is 0.778. The summed E-state index contributed by atoms with van der Waals surface area (Å²) in [5, 5.41) is 0. The highest BCUT2D eigenvalue weighted by atomic mass is 31.2. The number of nitrogens with two attached hydrogens (primary N) is 1. The Kier molecular flexibility index (Phi) is 56.7. The van der Waals surface area contributed by atoms with Gasteiger partial charge in [0.25, 0.3) is 0 Å². The Morgan fingerprint density at radius 2 is 0.753 bits per heavy atom. The third-order valence-electron chi connectivity index (χ3n) is 13.1. The minimum Gasteiger partial charge on any atom is -0.462 e. The van der Waals surface area contributed by atoms with E-state index in [0.717, 1.165) is 77.0 Å². The number of carbonyl (C=O) groups excluding carboxylic acids is 2. The number of allylic oxidation sites excluding steroid dienone is 12. The summed E-state index contributed by atoms with van der Waals surface area (Å²) >= 11 is 0. The van der Waals surface area contributed by atoms with Crippen molar-refractivity contribution in [2.75, 3.05) is 26.4 Å². The van der Waals surface area contributed by atoms with Crippen molar-refractivity contribution in [3.63, 3.8) is 0 Å². The zero-order chi connectivity index (χ0) is 53.1. The summed E-state index contributed by atoms with van der Waals surface area (Å²) < 4.78 is 33.1. The minimum atomic E-state index is -4.39. The van der Waals surface area contributed by atoms with E-state index in [1.807, 2.05) is 0 Å². The molecule has 3 N–H and O–H groups in total. The van der Waals surface area contributed by atoms with Crippen molar-refractivity contribution in [2.24, 2.45) is 5.73 Å². The van der Waals surface area contributed by atoms with E-state index in [0.29, 0.717) is 6.42 Å². The number of esters is 2. The molecule has 0 fully saturated rings. The average Bonchev–Trinajstić information content (AvgIpc) is 3.38. The topological polar surface area (TPSA) is 134 Å². The summed E-state index contributed by atoms with van der Waals surface area (Å²) in [5.74, 6) is -0.819. The Hall–Kier alpha value is -2.55. The van der Waals surface area contributed by atoms with Gasteiger partial charge in [-0.25, -0.2) is 4.57 Å². The number of rotatable bonds is 57. The number of phosphoric acid groups is 1. The zero-order valence-electron chi connectivity index (χ0n) is 47.4. The van der Waals surface area contributed by atoms with Crippen molar-refractivity contribution in [1.82, 2.24) is 0 Å². The molecule has 10 heteroatoms. The van der Waals surface area contributed by atoms with Crippen LogP contribution in [0.1, 0.15) is 284 Å². The third-order valence-corrected chi connectivity index (χ3v) is 14.1. The Balaban J connectivity index is 3.94. The smallest absolute Gasteiger partial charge is 0.462 e. The number of hydrogen-bond acceptors (Lipinski definition) is 8. The molecule has 2 atom stereocenters. The molecule has 0 saturated carbocycles. The lowest BCUT2D eigenvalue weighted by Crippen LogP contribution is -2.29. The van der Waals surface area contributed by atoms with Gasteiger partial charge < -0.3 is 20.1 Å². The van der Waals surface area contributed by atoms with Gasteiger partial charge >= 0.3 is 19.8 Å². The van der Waals surface area contributed by atoms with Gasteiger partial charge in [-0.1, -0.05) is 279 Å². The third kappa shape index (κ3) is 58.6. The summed E-state index contributed by atoms with van der Waals surface area (Å²) in [6.07, 6.45) is 75.3. The van der Waals surface area contributed by atoms with Crippen LogP contribution in [0.5, 0.6) is 0 Å². The summed E-state index contributed by atoms with van der Waals surface area (Å²) in [5.41, 5.74) is 5.39. The summed E-state index contributed by atoms with van der Waals surface area (Å²) in [4.78, 5) is 35.2. The van der Waals surface area contributed by atoms with E-state index in [4.69, 9.17) is 24.3 Å². The van der Waals surface area contributed by atoms with Crippen LogP contribution in [0.25, 0.3) is 0 Å². The minimum absolute atomic E-state index is 0.0524. The van der Waals surface area contributed by atoms with Crippen molar-refractivity contribution < 1.29 is 37.6 Å². The number of unbranched alkanes of at least 4 members (excludes halogenated alkanes) is 32. The van der Waals surface area contributed by atoms with Crippen LogP contribution in [-0.4, -0.2) is 49.3 Å². The van der Waals surface area contributed by atoms with E-state index in [1.165, 1.54) is 173 Å². The van der Waals surface area contributed by atoms with Crippen LogP contribution in [0.4, 0.5) is 0 Å². The molecule has 0 aromatic rings. The molecule has 0 saturated heterocycles. The Morgan fingerprint density at radius 3 is 1.12 bits per heavy atom. The van der Waals surface area contributed by atoms with E-state index >= 15 is 0 Å². The van der Waals surface area contributed by atoms with Crippen LogP contribution < -0.4 is 5.73 Å². The van der Waals surface area contributed by atoms with E-state index in [2.05, 4.69) is 86.8 Å². The Bertz CT molecular complexity index is 1420. The maximum Gasteiger partial charge on any atom is 0.472 e. The number of ether oxygens (including phenoxy) is 2. The van der Waals surface area contributed by atoms with Gasteiger partial charge in [0.15, 0.2) is 6.10 Å². The Morgan fingerprint density at radius 1 is 0.425 bits per heavy atom. The first kappa shape index (κ1) is 70.5. The molecular formula is C63H114NO8P. The second-order valence-electron chi connectivity index (χ2n) is 20.2. The highest BCUT2D eigenvalue weighted by Gasteiger charge is 2.26. The summed E-state index contributed by atoms with van der Waals surface area (Å²) in [7, 11) is -4.39. The molecule has 0 radical (unpaired) electrons. The molecule has 73 heavy (non-hydrogen) atoms. The fourth-order valence-corrected chi connectivity index (χ4v) is 9.41. The van der Waals surface area contributed by atoms with Gasteiger partial charge in [-0.15, -0.1) is 0 Å². The highest BCUT2D eigenvalue weighted by molar-refractivity contribution is 7.47. The second-order valence-corrected chi connectivity index (χ2v) is 21.7. The number of phosphoric ester groups is 1. The molecule has 0 heterocycles. The van der Waals surface area contributed by atoms with Gasteiger partial charge in [-0.2, -0.15) is 0 Å². The van der Waals surface area contributed by atoms with Crippen LogP contribution in [0.2, 0.25) is 0 Å². The number of carbonyl (C=O) groups is 2. The van der Waals surface area contributed by atoms with Crippen LogP contribution in [-0.2, 0) is 32.7 Å². The van der Waals surface area contributed by atoms with Crippen LogP contribution >= 0.6 is 7.82 Å². The molecular weight excluding hydrogens is 930 g/mol. The lowest BCUT2D eigenvalue weighted by Gasteiger charge is -2.19. The molecule has 9 nitrogen and oxygen atoms in total. The molecule has 424 valence electrons. The largest absolute Gasteiger partial charge is 0.472 e. The molecule has 0 bridgehead atoms. The van der Waals surface area contributed by atoms with Crippen LogP contribution in [0, 0.1) is 0 Å². The van der Waals surface area contributed by atoms with E-state index in [-0.39, 0.29) is 38.6 Å². The highest BCUT2D eigenvalue weighted by Crippen LogP contribution is 2.43. The van der Waals surface area contributed by atoms with Crippen molar-refractivity contribution in [1.29, 1.82) is 0 Å². The summed E-state index contributed by atoms with van der Waals surface area (Å²) in [6, 6.07) is 0. The average molecular weight is 1040 g/mol. The molecule has 0 aliphatic heterocycles. The lowest BCUT2D eigenvalue weighted by atomic mass is 10.0. The van der Waals surface area contributed by atoms with Crippen LogP contribution in [0.15, 0.2) is 72.9 Å². The first-order chi connectivity index (χ1) is 35.8. The first-order valence-electron chi connectivity index (χ1n) is 30.4. The van der Waals surface area contributed by atoms with Gasteiger partial charge in [0.05, 0.1) is 13.2 Å². The molecule has 0 aliphatic carbocycles. The van der Waals surface area contributed by atoms with E-state index < -0.39 is 26.5 Å². The van der Waals surface area contributed by atoms with Crippen molar-refractivity contribution in [2.45, 2.75) is 290 Å². The van der Waals surface area contributed by atoms with Gasteiger partial charge in [0.2, 0.25) is 0 Å². The zero-order valence-corrected chi connectivity index (χ0v) is 48.3.